The van der Waals surface area contributed by atoms with E-state index in [2.05, 4.69) is 30.5 Å². The van der Waals surface area contributed by atoms with E-state index < -0.39 is 0 Å². The predicted molar refractivity (Wildman–Crippen MR) is 83.8 cm³/mol. The van der Waals surface area contributed by atoms with Gasteiger partial charge in [0.25, 0.3) is 0 Å². The summed E-state index contributed by atoms with van der Waals surface area (Å²) in [5.74, 6) is 0.0314. The van der Waals surface area contributed by atoms with E-state index in [0.717, 1.165) is 36.2 Å². The predicted octanol–water partition coefficient (Wildman–Crippen LogP) is 3.05. The maximum absolute atomic E-state index is 11.5. The van der Waals surface area contributed by atoms with Gasteiger partial charge in [0.15, 0.2) is 0 Å². The molecule has 2 aliphatic rings. The first-order valence-electron chi connectivity index (χ1n) is 7.59. The molecule has 0 saturated carbocycles. The number of halogens is 1. The molecule has 0 spiro atoms. The lowest BCUT2D eigenvalue weighted by Crippen LogP contribution is -2.32. The van der Waals surface area contributed by atoms with E-state index in [1.807, 2.05) is 6.07 Å². The van der Waals surface area contributed by atoms with Crippen molar-refractivity contribution >= 4 is 23.2 Å². The number of amides is 1. The zero-order valence-corrected chi connectivity index (χ0v) is 13.2. The van der Waals surface area contributed by atoms with Gasteiger partial charge in [-0.1, -0.05) is 24.6 Å². The highest BCUT2D eigenvalue weighted by Crippen LogP contribution is 2.37. The van der Waals surface area contributed by atoms with Crippen LogP contribution in [0.25, 0.3) is 0 Å². The van der Waals surface area contributed by atoms with Crippen molar-refractivity contribution in [2.24, 2.45) is 0 Å². The molecule has 0 bridgehead atoms. The van der Waals surface area contributed by atoms with Gasteiger partial charge in [-0.05, 0) is 43.5 Å². The molecule has 1 amide bonds. The van der Waals surface area contributed by atoms with Crippen molar-refractivity contribution < 1.29 is 9.53 Å². The van der Waals surface area contributed by atoms with Gasteiger partial charge in [0.2, 0.25) is 5.91 Å². The molecule has 2 aliphatic heterocycles. The molecule has 1 saturated heterocycles. The van der Waals surface area contributed by atoms with Gasteiger partial charge in [-0.3, -0.25) is 4.79 Å². The maximum atomic E-state index is 11.5. The van der Waals surface area contributed by atoms with Crippen LogP contribution in [0.4, 0.5) is 5.69 Å². The Bertz CT molecular complexity index is 561. The van der Waals surface area contributed by atoms with E-state index in [4.69, 9.17) is 16.3 Å². The number of benzene rings is 1. The minimum atomic E-state index is 0.0314. The summed E-state index contributed by atoms with van der Waals surface area (Å²) in [7, 11) is 0. The third kappa shape index (κ3) is 2.93. The lowest BCUT2D eigenvalue weighted by atomic mass is 9.96. The molecular formula is C16H21ClN2O2. The van der Waals surface area contributed by atoms with Gasteiger partial charge in [-0.25, -0.2) is 0 Å². The quantitative estimate of drug-likeness (QED) is 0.899. The molecular weight excluding hydrogens is 288 g/mol. The normalized spacial score (nSPS) is 25.8. The molecule has 3 atom stereocenters. The summed E-state index contributed by atoms with van der Waals surface area (Å²) >= 11 is 6.45. The van der Waals surface area contributed by atoms with Gasteiger partial charge >= 0.3 is 0 Å². The van der Waals surface area contributed by atoms with Crippen LogP contribution < -0.4 is 10.6 Å². The number of likely N-dealkylation sites (N-methyl/N-ethyl adjacent to an activating group) is 1. The lowest BCUT2D eigenvalue weighted by molar-refractivity contribution is -0.115. The van der Waals surface area contributed by atoms with Crippen LogP contribution in [-0.2, 0) is 16.0 Å². The summed E-state index contributed by atoms with van der Waals surface area (Å²) in [6.45, 7) is 5.04. The zero-order chi connectivity index (χ0) is 15.0. The summed E-state index contributed by atoms with van der Waals surface area (Å²) in [6.07, 6.45) is 2.98. The van der Waals surface area contributed by atoms with Crippen LogP contribution in [0.15, 0.2) is 12.1 Å². The molecule has 114 valence electrons. The average molecular weight is 309 g/mol. The van der Waals surface area contributed by atoms with Crippen LogP contribution in [0.3, 0.4) is 0 Å². The molecule has 1 fully saturated rings. The Kier molecular flexibility index (Phi) is 4.20. The van der Waals surface area contributed by atoms with Crippen molar-refractivity contribution in [3.8, 4) is 0 Å². The van der Waals surface area contributed by atoms with Gasteiger partial charge in [-0.15, -0.1) is 0 Å². The number of anilines is 1. The number of hydrogen-bond acceptors (Lipinski definition) is 3. The minimum absolute atomic E-state index is 0.0314. The van der Waals surface area contributed by atoms with Crippen molar-refractivity contribution in [3.63, 3.8) is 0 Å². The Labute approximate surface area is 130 Å². The largest absolute Gasteiger partial charge is 0.373 e. The fraction of sp³-hybridized carbons (Fsp3) is 0.562. The Morgan fingerprint density at radius 3 is 2.95 bits per heavy atom. The Morgan fingerprint density at radius 2 is 2.29 bits per heavy atom. The molecule has 5 heteroatoms. The second-order valence-electron chi connectivity index (χ2n) is 5.85. The van der Waals surface area contributed by atoms with Crippen molar-refractivity contribution in [1.82, 2.24) is 5.32 Å². The number of fused-ring (bicyclic) bond motifs is 1. The summed E-state index contributed by atoms with van der Waals surface area (Å²) in [5.41, 5.74) is 2.89. The molecule has 1 aromatic carbocycles. The van der Waals surface area contributed by atoms with E-state index in [1.54, 1.807) is 0 Å². The van der Waals surface area contributed by atoms with Crippen LogP contribution in [0, 0.1) is 0 Å². The van der Waals surface area contributed by atoms with E-state index in [1.165, 1.54) is 0 Å². The first-order chi connectivity index (χ1) is 10.1. The highest BCUT2D eigenvalue weighted by atomic mass is 35.5. The van der Waals surface area contributed by atoms with Crippen LogP contribution in [0.2, 0.25) is 5.02 Å². The third-order valence-corrected chi connectivity index (χ3v) is 4.57. The molecule has 0 radical (unpaired) electrons. The standard InChI is InChI=1S/C16H21ClN2O2/c1-3-18-16(14-5-4-9(2)21-14)11-6-10-7-15(20)19-13(10)8-12(11)17/h6,8-9,14,16,18H,3-5,7H2,1-2H3,(H,19,20). The summed E-state index contributed by atoms with van der Waals surface area (Å²) < 4.78 is 6.02. The van der Waals surface area contributed by atoms with Gasteiger partial charge < -0.3 is 15.4 Å². The van der Waals surface area contributed by atoms with Crippen molar-refractivity contribution in [2.75, 3.05) is 11.9 Å². The zero-order valence-electron chi connectivity index (χ0n) is 12.4. The van der Waals surface area contributed by atoms with Gasteiger partial charge in [-0.2, -0.15) is 0 Å². The minimum Gasteiger partial charge on any atom is -0.373 e. The third-order valence-electron chi connectivity index (χ3n) is 4.24. The number of rotatable bonds is 4. The van der Waals surface area contributed by atoms with Crippen LogP contribution in [0.1, 0.15) is 43.9 Å². The number of ether oxygens (including phenoxy) is 1. The first kappa shape index (κ1) is 14.8. The van der Waals surface area contributed by atoms with E-state index in [0.29, 0.717) is 17.5 Å². The lowest BCUT2D eigenvalue weighted by Gasteiger charge is -2.26. The smallest absolute Gasteiger partial charge is 0.228 e. The fourth-order valence-electron chi connectivity index (χ4n) is 3.25. The number of nitrogens with one attached hydrogen (secondary N) is 2. The van der Waals surface area contributed by atoms with E-state index >= 15 is 0 Å². The van der Waals surface area contributed by atoms with Gasteiger partial charge in [0, 0.05) is 10.7 Å². The topological polar surface area (TPSA) is 50.4 Å². The molecule has 0 aromatic heterocycles. The van der Waals surface area contributed by atoms with E-state index in [-0.39, 0.29) is 18.1 Å². The van der Waals surface area contributed by atoms with Crippen molar-refractivity contribution in [3.05, 3.63) is 28.3 Å². The molecule has 0 aliphatic carbocycles. The molecule has 4 nitrogen and oxygen atoms in total. The fourth-order valence-corrected chi connectivity index (χ4v) is 3.53. The Balaban J connectivity index is 1.92. The highest BCUT2D eigenvalue weighted by Gasteiger charge is 2.32. The molecule has 2 N–H and O–H groups in total. The Morgan fingerprint density at radius 1 is 1.48 bits per heavy atom. The second kappa shape index (κ2) is 5.95. The molecule has 3 unspecified atom stereocenters. The number of carbonyl (C=O) groups is 1. The summed E-state index contributed by atoms with van der Waals surface area (Å²) in [4.78, 5) is 11.5. The SMILES string of the molecule is CCNC(c1cc2c(cc1Cl)NC(=O)C2)C1CCC(C)O1. The van der Waals surface area contributed by atoms with Crippen LogP contribution >= 0.6 is 11.6 Å². The van der Waals surface area contributed by atoms with Gasteiger partial charge in [0.1, 0.15) is 0 Å². The van der Waals surface area contributed by atoms with Crippen molar-refractivity contribution in [1.29, 1.82) is 0 Å². The number of hydrogen-bond donors (Lipinski definition) is 2. The molecule has 2 heterocycles. The van der Waals surface area contributed by atoms with Crippen LogP contribution in [0.5, 0.6) is 0 Å². The van der Waals surface area contributed by atoms with Crippen LogP contribution in [-0.4, -0.2) is 24.7 Å². The summed E-state index contributed by atoms with van der Waals surface area (Å²) in [6, 6.07) is 3.99. The maximum Gasteiger partial charge on any atom is 0.228 e. The molecule has 1 aromatic rings. The second-order valence-corrected chi connectivity index (χ2v) is 6.26. The number of carbonyl (C=O) groups excluding carboxylic acids is 1. The molecule has 3 rings (SSSR count). The highest BCUT2D eigenvalue weighted by molar-refractivity contribution is 6.32. The monoisotopic (exact) mass is 308 g/mol. The Hall–Kier alpha value is -1.10. The molecule has 21 heavy (non-hydrogen) atoms. The van der Waals surface area contributed by atoms with Gasteiger partial charge in [0.05, 0.1) is 24.7 Å². The summed E-state index contributed by atoms with van der Waals surface area (Å²) in [5, 5.41) is 7.01. The first-order valence-corrected chi connectivity index (χ1v) is 7.97. The van der Waals surface area contributed by atoms with Crippen molar-refractivity contribution in [2.45, 2.75) is 51.4 Å². The average Bonchev–Trinajstić information content (AvgIpc) is 3.00. The van der Waals surface area contributed by atoms with E-state index in [9.17, 15) is 4.79 Å².